The summed E-state index contributed by atoms with van der Waals surface area (Å²) in [5.74, 6) is -0.0435. The molecule has 0 atom stereocenters. The van der Waals surface area contributed by atoms with Crippen molar-refractivity contribution < 1.29 is 9.21 Å². The van der Waals surface area contributed by atoms with Crippen LogP contribution < -0.4 is 0 Å². The molecule has 0 aliphatic carbocycles. The Labute approximate surface area is 144 Å². The molecule has 0 N–H and O–H groups in total. The zero-order valence-electron chi connectivity index (χ0n) is 13.3. The quantitative estimate of drug-likeness (QED) is 0.400. The second-order valence-corrected chi connectivity index (χ2v) is 5.59. The van der Waals surface area contributed by atoms with E-state index in [1.165, 1.54) is 0 Å². The van der Waals surface area contributed by atoms with Gasteiger partial charge in [-0.3, -0.25) is 14.8 Å². The van der Waals surface area contributed by atoms with Gasteiger partial charge in [0.2, 0.25) is 0 Å². The third-order valence-corrected chi connectivity index (χ3v) is 3.94. The number of nitrogens with zero attached hydrogens (tertiary/aromatic N) is 2. The second kappa shape index (κ2) is 6.53. The molecule has 0 aliphatic rings. The highest BCUT2D eigenvalue weighted by molar-refractivity contribution is 6.07. The molecule has 4 heteroatoms. The number of aromatic nitrogens is 2. The van der Waals surface area contributed by atoms with Gasteiger partial charge in [0.05, 0.1) is 23.6 Å². The van der Waals surface area contributed by atoms with Crippen LogP contribution in [0.3, 0.4) is 0 Å². The normalized spacial score (nSPS) is 11.2. The number of hydrogen-bond acceptors (Lipinski definition) is 4. The maximum absolute atomic E-state index is 12.3. The number of carbonyl (C=O) groups excluding carboxylic acids is 1. The molecule has 0 amide bonds. The van der Waals surface area contributed by atoms with E-state index < -0.39 is 0 Å². The first-order valence-electron chi connectivity index (χ1n) is 7.85. The molecule has 0 saturated carbocycles. The van der Waals surface area contributed by atoms with E-state index in [0.29, 0.717) is 5.56 Å². The van der Waals surface area contributed by atoms with Crippen LogP contribution in [0.25, 0.3) is 28.2 Å². The molecule has 0 aliphatic heterocycles. The highest BCUT2D eigenvalue weighted by atomic mass is 16.3. The highest BCUT2D eigenvalue weighted by Gasteiger charge is 2.04. The van der Waals surface area contributed by atoms with Crippen molar-refractivity contribution >= 4 is 22.9 Å². The van der Waals surface area contributed by atoms with Gasteiger partial charge in [0, 0.05) is 23.5 Å². The van der Waals surface area contributed by atoms with Crippen LogP contribution >= 0.6 is 0 Å². The van der Waals surface area contributed by atoms with E-state index in [4.69, 9.17) is 4.42 Å². The fourth-order valence-corrected chi connectivity index (χ4v) is 2.61. The zero-order valence-corrected chi connectivity index (χ0v) is 13.3. The molecule has 0 unspecified atom stereocenters. The van der Waals surface area contributed by atoms with E-state index in [-0.39, 0.29) is 5.78 Å². The van der Waals surface area contributed by atoms with Crippen LogP contribution in [0.15, 0.2) is 83.9 Å². The van der Waals surface area contributed by atoms with Crippen molar-refractivity contribution in [3.05, 3.63) is 90.7 Å². The predicted molar refractivity (Wildman–Crippen MR) is 97.0 cm³/mol. The van der Waals surface area contributed by atoms with Gasteiger partial charge in [-0.2, -0.15) is 0 Å². The van der Waals surface area contributed by atoms with Gasteiger partial charge in [0.1, 0.15) is 0 Å². The first kappa shape index (κ1) is 15.0. The molecule has 0 bridgehead atoms. The Balaban J connectivity index is 1.53. The van der Waals surface area contributed by atoms with Crippen molar-refractivity contribution in [3.8, 4) is 11.1 Å². The average Bonchev–Trinajstić information content (AvgIpc) is 3.21. The Morgan fingerprint density at radius 2 is 1.68 bits per heavy atom. The summed E-state index contributed by atoms with van der Waals surface area (Å²) in [6.45, 7) is 0. The maximum atomic E-state index is 12.3. The molecule has 25 heavy (non-hydrogen) atoms. The monoisotopic (exact) mass is 326 g/mol. The minimum Gasteiger partial charge on any atom is -0.472 e. The maximum Gasteiger partial charge on any atom is 0.185 e. The van der Waals surface area contributed by atoms with Gasteiger partial charge < -0.3 is 4.42 Å². The topological polar surface area (TPSA) is 56.0 Å². The molecule has 0 radical (unpaired) electrons. The lowest BCUT2D eigenvalue weighted by Crippen LogP contribution is -1.93. The van der Waals surface area contributed by atoms with Crippen LogP contribution in [0, 0.1) is 0 Å². The van der Waals surface area contributed by atoms with Gasteiger partial charge in [-0.15, -0.1) is 0 Å². The predicted octanol–water partition coefficient (Wildman–Crippen LogP) is 4.79. The molecule has 4 aromatic rings. The fourth-order valence-electron chi connectivity index (χ4n) is 2.61. The number of hydrogen-bond donors (Lipinski definition) is 0. The molecule has 0 saturated heterocycles. The molecule has 4 rings (SSSR count). The second-order valence-electron chi connectivity index (χ2n) is 5.59. The van der Waals surface area contributed by atoms with Gasteiger partial charge in [-0.05, 0) is 35.4 Å². The fraction of sp³-hybridized carbons (Fsp3) is 0. The standard InChI is InChI=1S/C21H14N2O2/c24-21(17-5-3-16(4-6-17)18-9-12-25-14-18)8-2-15-1-7-19-20(13-15)23-11-10-22-19/h1-14H/b8-2+. The summed E-state index contributed by atoms with van der Waals surface area (Å²) < 4.78 is 5.08. The summed E-state index contributed by atoms with van der Waals surface area (Å²) in [5, 5.41) is 0. The SMILES string of the molecule is O=C(/C=C/c1ccc2nccnc2c1)c1ccc(-c2ccoc2)cc1. The van der Waals surface area contributed by atoms with Crippen molar-refractivity contribution in [2.75, 3.05) is 0 Å². The Kier molecular flexibility index (Phi) is 3.92. The summed E-state index contributed by atoms with van der Waals surface area (Å²) in [5.41, 5.74) is 5.21. The Bertz CT molecular complexity index is 1050. The lowest BCUT2D eigenvalue weighted by Gasteiger charge is -2.00. The zero-order chi connectivity index (χ0) is 17.1. The summed E-state index contributed by atoms with van der Waals surface area (Å²) in [6.07, 6.45) is 9.99. The number of fused-ring (bicyclic) bond motifs is 1. The van der Waals surface area contributed by atoms with E-state index in [2.05, 4.69) is 9.97 Å². The number of furan rings is 1. The first-order chi connectivity index (χ1) is 12.3. The molecule has 4 nitrogen and oxygen atoms in total. The lowest BCUT2D eigenvalue weighted by molar-refractivity contribution is 0.104. The summed E-state index contributed by atoms with van der Waals surface area (Å²) in [6, 6.07) is 15.1. The number of allylic oxidation sites excluding steroid dienone is 1. The van der Waals surface area contributed by atoms with Crippen LogP contribution in [0.1, 0.15) is 15.9 Å². The van der Waals surface area contributed by atoms with Gasteiger partial charge in [-0.1, -0.05) is 36.4 Å². The third kappa shape index (κ3) is 3.23. The highest BCUT2D eigenvalue weighted by Crippen LogP contribution is 2.20. The molecule has 2 heterocycles. The van der Waals surface area contributed by atoms with Gasteiger partial charge >= 0.3 is 0 Å². The summed E-state index contributed by atoms with van der Waals surface area (Å²) in [7, 11) is 0. The molecule has 0 fully saturated rings. The Morgan fingerprint density at radius 3 is 2.44 bits per heavy atom. The molecule has 120 valence electrons. The summed E-state index contributed by atoms with van der Waals surface area (Å²) in [4.78, 5) is 20.9. The molecule has 0 spiro atoms. The van der Waals surface area contributed by atoms with E-state index in [0.717, 1.165) is 27.7 Å². The van der Waals surface area contributed by atoms with Crippen LogP contribution in [-0.2, 0) is 0 Å². The lowest BCUT2D eigenvalue weighted by atomic mass is 10.0. The van der Waals surface area contributed by atoms with Crippen LogP contribution in [0.2, 0.25) is 0 Å². The first-order valence-corrected chi connectivity index (χ1v) is 7.85. The van der Waals surface area contributed by atoms with Gasteiger partial charge in [0.25, 0.3) is 0 Å². The summed E-state index contributed by atoms with van der Waals surface area (Å²) >= 11 is 0. The van der Waals surface area contributed by atoms with Crippen LogP contribution in [0.5, 0.6) is 0 Å². The van der Waals surface area contributed by atoms with Crippen molar-refractivity contribution in [1.29, 1.82) is 0 Å². The average molecular weight is 326 g/mol. The number of carbonyl (C=O) groups is 1. The largest absolute Gasteiger partial charge is 0.472 e. The smallest absolute Gasteiger partial charge is 0.185 e. The molecular formula is C21H14N2O2. The van der Waals surface area contributed by atoms with Gasteiger partial charge in [-0.25, -0.2) is 0 Å². The van der Waals surface area contributed by atoms with E-state index in [9.17, 15) is 4.79 Å². The van der Waals surface area contributed by atoms with E-state index >= 15 is 0 Å². The van der Waals surface area contributed by atoms with Crippen LogP contribution in [-0.4, -0.2) is 15.8 Å². The van der Waals surface area contributed by atoms with Gasteiger partial charge in [0.15, 0.2) is 5.78 Å². The van der Waals surface area contributed by atoms with Crippen molar-refractivity contribution in [2.24, 2.45) is 0 Å². The number of ketones is 1. The minimum absolute atomic E-state index is 0.0435. The van der Waals surface area contributed by atoms with Crippen molar-refractivity contribution in [3.63, 3.8) is 0 Å². The van der Waals surface area contributed by atoms with Crippen LogP contribution in [0.4, 0.5) is 0 Å². The van der Waals surface area contributed by atoms with Crippen molar-refractivity contribution in [2.45, 2.75) is 0 Å². The Morgan fingerprint density at radius 1 is 0.880 bits per heavy atom. The Hall–Kier alpha value is -3.53. The van der Waals surface area contributed by atoms with E-state index in [1.807, 2.05) is 48.5 Å². The minimum atomic E-state index is -0.0435. The van der Waals surface area contributed by atoms with Crippen molar-refractivity contribution in [1.82, 2.24) is 9.97 Å². The molecule has 2 aromatic carbocycles. The molecule has 2 aromatic heterocycles. The van der Waals surface area contributed by atoms with E-state index in [1.54, 1.807) is 37.1 Å². The number of rotatable bonds is 4. The molecular weight excluding hydrogens is 312 g/mol. The third-order valence-electron chi connectivity index (χ3n) is 3.94. The number of benzene rings is 2.